The fourth-order valence-corrected chi connectivity index (χ4v) is 6.34. The first-order chi connectivity index (χ1) is 10.3. The average Bonchev–Trinajstić information content (AvgIpc) is 3.10. The summed E-state index contributed by atoms with van der Waals surface area (Å²) in [5.74, 6) is 0. The van der Waals surface area contributed by atoms with Gasteiger partial charge in [0, 0.05) is 0 Å². The number of halogens is 1. The number of unbranched alkanes of at least 4 members (excludes halogenated alkanes) is 4. The zero-order valence-corrected chi connectivity index (χ0v) is 17.6. The molecule has 0 aromatic rings. The molecule has 2 aliphatic rings. The Morgan fingerprint density at radius 2 is 1.23 bits per heavy atom. The SMILES string of the molecule is CCCCCC1=CC[C]([Zr][C]2=CC(CCCCC)=CC2)=C1.Cl. The summed E-state index contributed by atoms with van der Waals surface area (Å²) in [5.41, 5.74) is 3.27. The van der Waals surface area contributed by atoms with Gasteiger partial charge in [0.1, 0.15) is 0 Å². The predicted molar refractivity (Wildman–Crippen MR) is 97.1 cm³/mol. The van der Waals surface area contributed by atoms with Crippen molar-refractivity contribution in [2.75, 3.05) is 0 Å². The quantitative estimate of drug-likeness (QED) is 0.345. The molecule has 0 N–H and O–H groups in total. The van der Waals surface area contributed by atoms with Crippen LogP contribution in [0.15, 0.2) is 42.0 Å². The van der Waals surface area contributed by atoms with Crippen molar-refractivity contribution < 1.29 is 23.2 Å². The zero-order chi connectivity index (χ0) is 14.9. The number of rotatable bonds is 10. The molecule has 0 fully saturated rings. The summed E-state index contributed by atoms with van der Waals surface area (Å²) in [6.07, 6.45) is 23.5. The molecule has 2 aliphatic carbocycles. The van der Waals surface area contributed by atoms with Crippen molar-refractivity contribution in [1.82, 2.24) is 0 Å². The van der Waals surface area contributed by atoms with Gasteiger partial charge in [0.25, 0.3) is 0 Å². The fourth-order valence-electron chi connectivity index (χ4n) is 3.05. The summed E-state index contributed by atoms with van der Waals surface area (Å²) >= 11 is -0.440. The molecule has 2 rings (SSSR count). The van der Waals surface area contributed by atoms with Crippen LogP contribution in [0.4, 0.5) is 0 Å². The van der Waals surface area contributed by atoms with Gasteiger partial charge in [-0.25, -0.2) is 0 Å². The van der Waals surface area contributed by atoms with E-state index in [1.165, 1.54) is 64.2 Å². The Kier molecular flexibility index (Phi) is 10.7. The van der Waals surface area contributed by atoms with Gasteiger partial charge in [-0.15, -0.1) is 12.4 Å². The van der Waals surface area contributed by atoms with Crippen LogP contribution < -0.4 is 0 Å². The second kappa shape index (κ2) is 11.6. The summed E-state index contributed by atoms with van der Waals surface area (Å²) < 4.78 is 3.61. The normalized spacial score (nSPS) is 16.6. The molecule has 0 aromatic carbocycles. The molecule has 0 unspecified atom stereocenters. The molecule has 0 atom stereocenters. The maximum atomic E-state index is 2.55. The van der Waals surface area contributed by atoms with Crippen LogP contribution in [0.2, 0.25) is 0 Å². The summed E-state index contributed by atoms with van der Waals surface area (Å²) in [4.78, 5) is 0. The summed E-state index contributed by atoms with van der Waals surface area (Å²) in [6.45, 7) is 4.58. The molecule has 122 valence electrons. The number of hydrogen-bond donors (Lipinski definition) is 0. The first-order valence-corrected chi connectivity index (χ1v) is 11.3. The first kappa shape index (κ1) is 20.2. The topological polar surface area (TPSA) is 0 Å². The summed E-state index contributed by atoms with van der Waals surface area (Å²) in [7, 11) is 0. The van der Waals surface area contributed by atoms with E-state index in [9.17, 15) is 0 Å². The van der Waals surface area contributed by atoms with E-state index < -0.39 is 23.2 Å². The zero-order valence-electron chi connectivity index (χ0n) is 14.3. The molecule has 0 saturated heterocycles. The van der Waals surface area contributed by atoms with E-state index in [2.05, 4.69) is 38.2 Å². The van der Waals surface area contributed by atoms with E-state index in [-0.39, 0.29) is 12.4 Å². The van der Waals surface area contributed by atoms with E-state index in [1.54, 1.807) is 17.7 Å². The Labute approximate surface area is 155 Å². The molecule has 0 aromatic heterocycles. The van der Waals surface area contributed by atoms with Crippen LogP contribution in [0.5, 0.6) is 0 Å². The molecular weight excluding hydrogens is 367 g/mol. The van der Waals surface area contributed by atoms with Crippen molar-refractivity contribution in [3.63, 3.8) is 0 Å². The van der Waals surface area contributed by atoms with Gasteiger partial charge in [0.2, 0.25) is 0 Å². The van der Waals surface area contributed by atoms with Gasteiger partial charge in [0.05, 0.1) is 0 Å². The summed E-state index contributed by atoms with van der Waals surface area (Å²) in [5, 5.41) is 0. The molecule has 22 heavy (non-hydrogen) atoms. The van der Waals surface area contributed by atoms with Crippen LogP contribution in [-0.2, 0) is 23.2 Å². The monoisotopic (exact) mass is 396 g/mol. The maximum Gasteiger partial charge on any atom is -0.147 e. The second-order valence-corrected chi connectivity index (χ2v) is 10.1. The Hall–Kier alpha value is 0.133. The average molecular weight is 398 g/mol. The Bertz CT molecular complexity index is 412. The van der Waals surface area contributed by atoms with E-state index in [0.29, 0.717) is 0 Å². The van der Waals surface area contributed by atoms with Crippen LogP contribution in [0.1, 0.15) is 78.1 Å². The van der Waals surface area contributed by atoms with Crippen molar-refractivity contribution >= 4 is 12.4 Å². The van der Waals surface area contributed by atoms with Gasteiger partial charge < -0.3 is 0 Å². The van der Waals surface area contributed by atoms with Crippen LogP contribution in [0.3, 0.4) is 0 Å². The third kappa shape index (κ3) is 7.14. The Morgan fingerprint density at radius 3 is 1.64 bits per heavy atom. The van der Waals surface area contributed by atoms with E-state index in [1.807, 2.05) is 0 Å². The van der Waals surface area contributed by atoms with Gasteiger partial charge in [-0.1, -0.05) is 0 Å². The van der Waals surface area contributed by atoms with E-state index >= 15 is 0 Å². The van der Waals surface area contributed by atoms with Crippen molar-refractivity contribution in [1.29, 1.82) is 0 Å². The van der Waals surface area contributed by atoms with Crippen molar-refractivity contribution in [2.24, 2.45) is 0 Å². The Morgan fingerprint density at radius 1 is 0.773 bits per heavy atom. The number of allylic oxidation sites excluding steroid dienone is 8. The van der Waals surface area contributed by atoms with Crippen LogP contribution in [-0.4, -0.2) is 0 Å². The molecule has 2 heteroatoms. The van der Waals surface area contributed by atoms with Gasteiger partial charge in [-0.3, -0.25) is 0 Å². The van der Waals surface area contributed by atoms with Crippen molar-refractivity contribution in [3.8, 4) is 0 Å². The largest absolute Gasteiger partial charge is 0.147 e. The standard InChI is InChI=1S/2C10H15.ClH.Zr/c2*1-2-3-4-7-10-8-5-6-9-10;;/h2*8-9H,2-5,7H2,1H3;1H;. The van der Waals surface area contributed by atoms with Gasteiger partial charge in [-0.05, 0) is 0 Å². The third-order valence-corrected chi connectivity index (χ3v) is 7.64. The van der Waals surface area contributed by atoms with Crippen LogP contribution in [0, 0.1) is 0 Å². The molecule has 0 aliphatic heterocycles. The molecule has 0 nitrogen and oxygen atoms in total. The molecule has 0 amide bonds. The van der Waals surface area contributed by atoms with E-state index in [4.69, 9.17) is 0 Å². The van der Waals surface area contributed by atoms with Crippen LogP contribution in [0.25, 0.3) is 0 Å². The molecule has 0 radical (unpaired) electrons. The van der Waals surface area contributed by atoms with Gasteiger partial charge >= 0.3 is 143 Å². The van der Waals surface area contributed by atoms with Gasteiger partial charge in [0.15, 0.2) is 0 Å². The minimum absolute atomic E-state index is 0. The fraction of sp³-hybridized carbons (Fsp3) is 0.600. The minimum Gasteiger partial charge on any atom is -0.147 e. The van der Waals surface area contributed by atoms with Gasteiger partial charge in [-0.2, -0.15) is 0 Å². The minimum atomic E-state index is -0.440. The molecule has 0 bridgehead atoms. The second-order valence-electron chi connectivity index (χ2n) is 6.34. The molecule has 0 saturated carbocycles. The predicted octanol–water partition coefficient (Wildman–Crippen LogP) is 7.08. The van der Waals surface area contributed by atoms with Crippen LogP contribution >= 0.6 is 12.4 Å². The van der Waals surface area contributed by atoms with Crippen molar-refractivity contribution in [3.05, 3.63) is 42.0 Å². The first-order valence-electron chi connectivity index (χ1n) is 8.88. The van der Waals surface area contributed by atoms with E-state index in [0.717, 1.165) is 0 Å². The molecular formula is C20H31ClZr. The summed E-state index contributed by atoms with van der Waals surface area (Å²) in [6, 6.07) is 0. The van der Waals surface area contributed by atoms with Crippen molar-refractivity contribution in [2.45, 2.75) is 78.1 Å². The molecule has 0 heterocycles. The third-order valence-electron chi connectivity index (χ3n) is 4.35. The number of hydrogen-bond acceptors (Lipinski definition) is 0. The Balaban J connectivity index is 0.00000242. The smallest absolute Gasteiger partial charge is 0.147 e. The molecule has 0 spiro atoms. The maximum absolute atomic E-state index is 2.55.